The molecule has 0 fully saturated rings. The van der Waals surface area contributed by atoms with E-state index in [1.165, 1.54) is 0 Å². The van der Waals surface area contributed by atoms with Gasteiger partial charge in [0.05, 0.1) is 0 Å². The molecule has 5 aromatic carbocycles. The van der Waals surface area contributed by atoms with Crippen LogP contribution < -0.4 is 0 Å². The Morgan fingerprint density at radius 3 is 1.37 bits per heavy atom. The molecule has 2 N–H and O–H groups in total. The number of aryl methyl sites for hydroxylation is 3. The first-order valence-corrected chi connectivity index (χ1v) is 13.2. The zero-order valence-corrected chi connectivity index (χ0v) is 22.3. The lowest BCUT2D eigenvalue weighted by Gasteiger charge is -2.26. The molecular formula is C36H34O2. The van der Waals surface area contributed by atoms with Gasteiger partial charge in [0.2, 0.25) is 0 Å². The summed E-state index contributed by atoms with van der Waals surface area (Å²) in [5.74, 6) is 0.261. The van der Waals surface area contributed by atoms with E-state index >= 15 is 0 Å². The second kappa shape index (κ2) is 11.0. The molecule has 38 heavy (non-hydrogen) atoms. The minimum Gasteiger partial charge on any atom is -0.507 e. The molecule has 5 rings (SSSR count). The maximum Gasteiger partial charge on any atom is 0.123 e. The normalized spacial score (nSPS) is 11.2. The van der Waals surface area contributed by atoms with Crippen LogP contribution in [0.2, 0.25) is 0 Å². The summed E-state index contributed by atoms with van der Waals surface area (Å²) in [6.45, 7) is 6.24. The average Bonchev–Trinajstić information content (AvgIpc) is 2.91. The van der Waals surface area contributed by atoms with Gasteiger partial charge in [-0.2, -0.15) is 0 Å². The zero-order chi connectivity index (χ0) is 26.6. The molecule has 0 aliphatic heterocycles. The quantitative estimate of drug-likeness (QED) is 0.221. The molecule has 0 atom stereocenters. The Kier molecular flexibility index (Phi) is 7.33. The fourth-order valence-electron chi connectivity index (χ4n) is 5.52. The van der Waals surface area contributed by atoms with Crippen molar-refractivity contribution in [2.45, 2.75) is 39.5 Å². The van der Waals surface area contributed by atoms with E-state index in [4.69, 9.17) is 0 Å². The van der Waals surface area contributed by atoms with Crippen molar-refractivity contribution in [2.24, 2.45) is 0 Å². The van der Waals surface area contributed by atoms with Crippen LogP contribution in [-0.2, 0) is 12.8 Å². The average molecular weight is 499 g/mol. The Labute approximate surface area is 225 Å². The number of phenolic OH excluding ortho intramolecular Hbond substituents is 2. The van der Waals surface area contributed by atoms with Crippen molar-refractivity contribution >= 4 is 0 Å². The lowest BCUT2D eigenvalue weighted by atomic mass is 9.79. The molecule has 190 valence electrons. The fourth-order valence-corrected chi connectivity index (χ4v) is 5.52. The number of phenols is 2. The largest absolute Gasteiger partial charge is 0.507 e. The number of hydrogen-bond acceptors (Lipinski definition) is 2. The van der Waals surface area contributed by atoms with Crippen molar-refractivity contribution in [3.8, 4) is 11.5 Å². The molecule has 0 bridgehead atoms. The van der Waals surface area contributed by atoms with E-state index in [1.807, 2.05) is 48.5 Å². The molecule has 0 aliphatic carbocycles. The van der Waals surface area contributed by atoms with Crippen LogP contribution in [0.4, 0.5) is 0 Å². The second-order valence-electron chi connectivity index (χ2n) is 10.3. The maximum atomic E-state index is 11.7. The molecule has 0 aliphatic rings. The van der Waals surface area contributed by atoms with E-state index in [-0.39, 0.29) is 5.92 Å². The van der Waals surface area contributed by atoms with Crippen LogP contribution in [0.25, 0.3) is 0 Å². The highest BCUT2D eigenvalue weighted by molar-refractivity contribution is 5.60. The standard InChI is InChI=1S/C36H34O2/c1-24-18-29(22-27-13-6-4-7-14-27)35(37)32(20-24)34(31-17-11-10-12-26(31)3)33-21-25(2)19-30(36(33)38)23-28-15-8-5-9-16-28/h4-21,34,37-38H,22-23H2,1-3H3. The van der Waals surface area contributed by atoms with Gasteiger partial charge in [0.25, 0.3) is 0 Å². The van der Waals surface area contributed by atoms with Crippen LogP contribution in [0, 0.1) is 20.8 Å². The van der Waals surface area contributed by atoms with Crippen molar-refractivity contribution in [3.63, 3.8) is 0 Å². The Hall–Kier alpha value is -4.30. The Morgan fingerprint density at radius 1 is 0.500 bits per heavy atom. The highest BCUT2D eigenvalue weighted by atomic mass is 16.3. The van der Waals surface area contributed by atoms with Crippen LogP contribution in [0.1, 0.15) is 61.6 Å². The number of hydrogen-bond donors (Lipinski definition) is 2. The summed E-state index contributed by atoms with van der Waals surface area (Å²) in [6.07, 6.45) is 1.28. The summed E-state index contributed by atoms with van der Waals surface area (Å²) in [5, 5.41) is 23.5. The fraction of sp³-hybridized carbons (Fsp3) is 0.167. The van der Waals surface area contributed by atoms with Crippen molar-refractivity contribution in [1.82, 2.24) is 0 Å². The Balaban J connectivity index is 1.70. The summed E-state index contributed by atoms with van der Waals surface area (Å²) in [4.78, 5) is 0. The van der Waals surface area contributed by atoms with E-state index in [9.17, 15) is 10.2 Å². The van der Waals surface area contributed by atoms with Gasteiger partial charge in [-0.05, 0) is 54.2 Å². The van der Waals surface area contributed by atoms with Gasteiger partial charge in [-0.15, -0.1) is 0 Å². The number of aromatic hydroxyl groups is 2. The topological polar surface area (TPSA) is 40.5 Å². The van der Waals surface area contributed by atoms with Crippen molar-refractivity contribution in [1.29, 1.82) is 0 Å². The highest BCUT2D eigenvalue weighted by Crippen LogP contribution is 2.45. The van der Waals surface area contributed by atoms with Crippen LogP contribution in [0.15, 0.2) is 109 Å². The maximum absolute atomic E-state index is 11.7. The first kappa shape index (κ1) is 25.4. The predicted molar refractivity (Wildman–Crippen MR) is 156 cm³/mol. The Morgan fingerprint density at radius 2 is 0.921 bits per heavy atom. The van der Waals surface area contributed by atoms with Gasteiger partial charge in [0, 0.05) is 29.9 Å². The molecule has 0 saturated heterocycles. The van der Waals surface area contributed by atoms with E-state index in [0.29, 0.717) is 24.3 Å². The third-order valence-corrected chi connectivity index (χ3v) is 7.32. The minimum atomic E-state index is -0.319. The van der Waals surface area contributed by atoms with Crippen LogP contribution in [-0.4, -0.2) is 10.2 Å². The molecule has 0 aromatic heterocycles. The number of benzene rings is 5. The first-order chi connectivity index (χ1) is 18.4. The summed E-state index contributed by atoms with van der Waals surface area (Å²) in [6, 6.07) is 37.0. The third-order valence-electron chi connectivity index (χ3n) is 7.32. The van der Waals surface area contributed by atoms with Gasteiger partial charge in [-0.1, -0.05) is 120 Å². The van der Waals surface area contributed by atoms with E-state index in [2.05, 4.69) is 81.4 Å². The van der Waals surface area contributed by atoms with Gasteiger partial charge < -0.3 is 10.2 Å². The van der Waals surface area contributed by atoms with Crippen molar-refractivity contribution in [2.75, 3.05) is 0 Å². The van der Waals surface area contributed by atoms with Gasteiger partial charge in [0.1, 0.15) is 11.5 Å². The van der Waals surface area contributed by atoms with Gasteiger partial charge in [-0.25, -0.2) is 0 Å². The van der Waals surface area contributed by atoms with Crippen molar-refractivity contribution < 1.29 is 10.2 Å². The summed E-state index contributed by atoms with van der Waals surface area (Å²) < 4.78 is 0. The zero-order valence-electron chi connectivity index (χ0n) is 22.3. The number of rotatable bonds is 7. The monoisotopic (exact) mass is 498 g/mol. The second-order valence-corrected chi connectivity index (χ2v) is 10.3. The molecule has 0 saturated carbocycles. The van der Waals surface area contributed by atoms with Crippen LogP contribution in [0.3, 0.4) is 0 Å². The van der Waals surface area contributed by atoms with E-state index in [1.54, 1.807) is 0 Å². The SMILES string of the molecule is Cc1cc(Cc2ccccc2)c(O)c(C(c2ccccc2C)c2cc(C)cc(Cc3ccccc3)c2O)c1. The first-order valence-electron chi connectivity index (χ1n) is 13.2. The molecular weight excluding hydrogens is 464 g/mol. The summed E-state index contributed by atoms with van der Waals surface area (Å²) in [7, 11) is 0. The Bertz CT molecular complexity index is 1460. The predicted octanol–water partition coefficient (Wildman–Crippen LogP) is 8.38. The molecule has 0 spiro atoms. The van der Waals surface area contributed by atoms with Crippen LogP contribution >= 0.6 is 0 Å². The smallest absolute Gasteiger partial charge is 0.123 e. The van der Waals surface area contributed by atoms with E-state index < -0.39 is 0 Å². The van der Waals surface area contributed by atoms with Gasteiger partial charge >= 0.3 is 0 Å². The van der Waals surface area contributed by atoms with Crippen molar-refractivity contribution in [3.05, 3.63) is 165 Å². The third kappa shape index (κ3) is 5.35. The molecule has 0 heterocycles. The lowest BCUT2D eigenvalue weighted by Crippen LogP contribution is -2.09. The van der Waals surface area contributed by atoms with Gasteiger partial charge in [-0.3, -0.25) is 0 Å². The molecule has 5 aromatic rings. The highest BCUT2D eigenvalue weighted by Gasteiger charge is 2.27. The lowest BCUT2D eigenvalue weighted by molar-refractivity contribution is 0.452. The summed E-state index contributed by atoms with van der Waals surface area (Å²) >= 11 is 0. The molecule has 2 nitrogen and oxygen atoms in total. The van der Waals surface area contributed by atoms with E-state index in [0.717, 1.165) is 55.6 Å². The van der Waals surface area contributed by atoms with Gasteiger partial charge in [0.15, 0.2) is 0 Å². The molecule has 0 radical (unpaired) electrons. The molecule has 0 unspecified atom stereocenters. The minimum absolute atomic E-state index is 0.290. The molecule has 0 amide bonds. The molecule has 2 heteroatoms. The summed E-state index contributed by atoms with van der Waals surface area (Å²) in [5.41, 5.74) is 10.1. The van der Waals surface area contributed by atoms with Crippen LogP contribution in [0.5, 0.6) is 11.5 Å².